The molecular weight excluding hydrogens is 150 g/mol. The van der Waals surface area contributed by atoms with Crippen molar-refractivity contribution in [1.82, 2.24) is 5.32 Å². The fourth-order valence-corrected chi connectivity index (χ4v) is 1.54. The smallest absolute Gasteiger partial charge is 0.142 e. The molecule has 1 N–H and O–H groups in total. The van der Waals surface area contributed by atoms with Crippen molar-refractivity contribution in [3.8, 4) is 0 Å². The molecule has 1 aliphatic heterocycles. The van der Waals surface area contributed by atoms with Gasteiger partial charge in [-0.1, -0.05) is 30.3 Å². The van der Waals surface area contributed by atoms with E-state index in [-0.39, 0.29) is 5.72 Å². The number of nitrogens with one attached hydrogen (secondary N) is 1. The largest absolute Gasteiger partial charge is 0.355 e. The van der Waals surface area contributed by atoms with Crippen LogP contribution >= 0.6 is 0 Å². The molecule has 1 saturated heterocycles. The van der Waals surface area contributed by atoms with Crippen molar-refractivity contribution in [1.29, 1.82) is 0 Å². The SMILES string of the molecule is C[C@@]1(c2ccccc2)NCCO1. The van der Waals surface area contributed by atoms with E-state index in [0.29, 0.717) is 0 Å². The highest BCUT2D eigenvalue weighted by Gasteiger charge is 2.30. The maximum Gasteiger partial charge on any atom is 0.142 e. The molecule has 1 fully saturated rings. The van der Waals surface area contributed by atoms with E-state index in [1.54, 1.807) is 0 Å². The van der Waals surface area contributed by atoms with E-state index >= 15 is 0 Å². The first-order chi connectivity index (χ1) is 5.81. The molecule has 0 aromatic heterocycles. The van der Waals surface area contributed by atoms with E-state index < -0.39 is 0 Å². The molecule has 0 saturated carbocycles. The van der Waals surface area contributed by atoms with Crippen molar-refractivity contribution in [3.63, 3.8) is 0 Å². The molecule has 1 aromatic rings. The molecule has 0 bridgehead atoms. The van der Waals surface area contributed by atoms with Gasteiger partial charge in [0, 0.05) is 6.54 Å². The van der Waals surface area contributed by atoms with Crippen molar-refractivity contribution >= 4 is 0 Å². The second-order valence-corrected chi connectivity index (χ2v) is 3.17. The Hall–Kier alpha value is -0.860. The molecule has 1 aliphatic rings. The summed E-state index contributed by atoms with van der Waals surface area (Å²) in [5.41, 5.74) is 0.934. The Morgan fingerprint density at radius 1 is 1.33 bits per heavy atom. The molecule has 2 heteroatoms. The van der Waals surface area contributed by atoms with Gasteiger partial charge >= 0.3 is 0 Å². The number of ether oxygens (including phenoxy) is 1. The lowest BCUT2D eigenvalue weighted by molar-refractivity contribution is 0.00247. The summed E-state index contributed by atoms with van der Waals surface area (Å²) in [5.74, 6) is 0. The molecule has 12 heavy (non-hydrogen) atoms. The van der Waals surface area contributed by atoms with Crippen LogP contribution in [0.3, 0.4) is 0 Å². The zero-order valence-corrected chi connectivity index (χ0v) is 7.21. The minimum atomic E-state index is -0.263. The Labute approximate surface area is 72.5 Å². The summed E-state index contributed by atoms with van der Waals surface area (Å²) in [6, 6.07) is 10.2. The third-order valence-electron chi connectivity index (χ3n) is 2.28. The third kappa shape index (κ3) is 1.24. The van der Waals surface area contributed by atoms with Crippen LogP contribution in [-0.2, 0) is 10.5 Å². The lowest BCUT2D eigenvalue weighted by Crippen LogP contribution is -2.34. The van der Waals surface area contributed by atoms with Crippen LogP contribution < -0.4 is 5.32 Å². The number of hydrogen-bond acceptors (Lipinski definition) is 2. The first-order valence-electron chi connectivity index (χ1n) is 4.26. The number of rotatable bonds is 1. The van der Waals surface area contributed by atoms with Gasteiger partial charge in [-0.15, -0.1) is 0 Å². The predicted molar refractivity (Wildman–Crippen MR) is 47.7 cm³/mol. The number of benzene rings is 1. The van der Waals surface area contributed by atoms with Crippen molar-refractivity contribution in [2.45, 2.75) is 12.6 Å². The molecule has 2 nitrogen and oxygen atoms in total. The summed E-state index contributed by atoms with van der Waals surface area (Å²) in [4.78, 5) is 0. The average Bonchev–Trinajstić information content (AvgIpc) is 2.55. The zero-order chi connectivity index (χ0) is 8.44. The summed E-state index contributed by atoms with van der Waals surface area (Å²) < 4.78 is 5.62. The molecule has 0 spiro atoms. The van der Waals surface area contributed by atoms with Crippen LogP contribution in [0.5, 0.6) is 0 Å². The first-order valence-corrected chi connectivity index (χ1v) is 4.26. The maximum absolute atomic E-state index is 5.62. The van der Waals surface area contributed by atoms with Gasteiger partial charge in [-0.3, -0.25) is 5.32 Å². The highest BCUT2D eigenvalue weighted by atomic mass is 16.5. The van der Waals surface area contributed by atoms with E-state index in [1.807, 2.05) is 18.2 Å². The fourth-order valence-electron chi connectivity index (χ4n) is 1.54. The Morgan fingerprint density at radius 2 is 2.08 bits per heavy atom. The fraction of sp³-hybridized carbons (Fsp3) is 0.400. The molecule has 1 aromatic carbocycles. The monoisotopic (exact) mass is 163 g/mol. The minimum absolute atomic E-state index is 0.263. The van der Waals surface area contributed by atoms with Crippen LogP contribution in [0.4, 0.5) is 0 Å². The molecule has 1 atom stereocenters. The van der Waals surface area contributed by atoms with Crippen LogP contribution in [-0.4, -0.2) is 13.2 Å². The summed E-state index contributed by atoms with van der Waals surface area (Å²) in [5, 5.41) is 3.33. The minimum Gasteiger partial charge on any atom is -0.355 e. The summed E-state index contributed by atoms with van der Waals surface area (Å²) >= 11 is 0. The zero-order valence-electron chi connectivity index (χ0n) is 7.21. The van der Waals surface area contributed by atoms with E-state index in [1.165, 1.54) is 5.56 Å². The summed E-state index contributed by atoms with van der Waals surface area (Å²) in [6.45, 7) is 3.80. The van der Waals surface area contributed by atoms with Gasteiger partial charge in [0.2, 0.25) is 0 Å². The molecule has 0 radical (unpaired) electrons. The lowest BCUT2D eigenvalue weighted by Gasteiger charge is -2.23. The second-order valence-electron chi connectivity index (χ2n) is 3.17. The van der Waals surface area contributed by atoms with Crippen LogP contribution in [0.15, 0.2) is 30.3 Å². The van der Waals surface area contributed by atoms with Gasteiger partial charge in [0.15, 0.2) is 0 Å². The van der Waals surface area contributed by atoms with Gasteiger partial charge in [0.05, 0.1) is 6.61 Å². The van der Waals surface area contributed by atoms with Gasteiger partial charge in [-0.05, 0) is 12.5 Å². The van der Waals surface area contributed by atoms with Crippen molar-refractivity contribution in [3.05, 3.63) is 35.9 Å². The molecular formula is C10H13NO. The highest BCUT2D eigenvalue weighted by molar-refractivity contribution is 5.21. The van der Waals surface area contributed by atoms with Crippen LogP contribution in [0.2, 0.25) is 0 Å². The van der Waals surface area contributed by atoms with E-state index in [0.717, 1.165) is 13.2 Å². The van der Waals surface area contributed by atoms with Crippen molar-refractivity contribution < 1.29 is 4.74 Å². The molecule has 64 valence electrons. The maximum atomic E-state index is 5.62. The highest BCUT2D eigenvalue weighted by Crippen LogP contribution is 2.24. The quantitative estimate of drug-likeness (QED) is 0.677. The topological polar surface area (TPSA) is 21.3 Å². The molecule has 2 rings (SSSR count). The molecule has 0 amide bonds. The van der Waals surface area contributed by atoms with E-state index in [9.17, 15) is 0 Å². The lowest BCUT2D eigenvalue weighted by atomic mass is 10.1. The first kappa shape index (κ1) is 7.77. The normalized spacial score (nSPS) is 29.1. The Morgan fingerprint density at radius 3 is 2.67 bits per heavy atom. The van der Waals surface area contributed by atoms with Crippen LogP contribution in [0, 0.1) is 0 Å². The standard InChI is InChI=1S/C10H13NO/c1-10(11-7-8-12-10)9-5-3-2-4-6-9/h2-6,11H,7-8H2,1H3/t10-/m1/s1. The van der Waals surface area contributed by atoms with Gasteiger partial charge in [-0.25, -0.2) is 0 Å². The van der Waals surface area contributed by atoms with E-state index in [4.69, 9.17) is 4.74 Å². The molecule has 0 unspecified atom stereocenters. The van der Waals surface area contributed by atoms with Crippen LogP contribution in [0.25, 0.3) is 0 Å². The Balaban J connectivity index is 2.29. The summed E-state index contributed by atoms with van der Waals surface area (Å²) in [7, 11) is 0. The summed E-state index contributed by atoms with van der Waals surface area (Å²) in [6.07, 6.45) is 0. The Kier molecular flexibility index (Phi) is 1.87. The van der Waals surface area contributed by atoms with Gasteiger partial charge in [-0.2, -0.15) is 0 Å². The average molecular weight is 163 g/mol. The van der Waals surface area contributed by atoms with Crippen LogP contribution in [0.1, 0.15) is 12.5 Å². The van der Waals surface area contributed by atoms with Gasteiger partial charge in [0.25, 0.3) is 0 Å². The predicted octanol–water partition coefficient (Wildman–Crippen LogP) is 1.48. The van der Waals surface area contributed by atoms with E-state index in [2.05, 4.69) is 24.4 Å². The third-order valence-corrected chi connectivity index (χ3v) is 2.28. The Bertz CT molecular complexity index is 252. The van der Waals surface area contributed by atoms with Gasteiger partial charge < -0.3 is 4.74 Å². The second kappa shape index (κ2) is 2.88. The van der Waals surface area contributed by atoms with Crippen molar-refractivity contribution in [2.75, 3.05) is 13.2 Å². The number of hydrogen-bond donors (Lipinski definition) is 1. The molecule has 0 aliphatic carbocycles. The van der Waals surface area contributed by atoms with Crippen molar-refractivity contribution in [2.24, 2.45) is 0 Å². The molecule has 1 heterocycles. The van der Waals surface area contributed by atoms with Gasteiger partial charge in [0.1, 0.15) is 5.72 Å².